The number of hydrogen-bond donors (Lipinski definition) is 0. The van der Waals surface area contributed by atoms with E-state index >= 15 is 0 Å². The summed E-state index contributed by atoms with van der Waals surface area (Å²) in [6.45, 7) is 11.0. The van der Waals surface area contributed by atoms with Crippen molar-refractivity contribution in [3.8, 4) is 0 Å². The largest absolute Gasteiger partial charge is 0.0654 e. The summed E-state index contributed by atoms with van der Waals surface area (Å²) < 4.78 is 0. The molecule has 0 spiro atoms. The Kier molecular flexibility index (Phi) is 14.4. The second-order valence-electron chi connectivity index (χ2n) is 6.63. The first-order chi connectivity index (χ1) is 9.18. The van der Waals surface area contributed by atoms with E-state index in [-0.39, 0.29) is 0 Å². The van der Waals surface area contributed by atoms with E-state index in [0.29, 0.717) is 5.92 Å². The van der Waals surface area contributed by atoms with Gasteiger partial charge < -0.3 is 0 Å². The molecule has 19 heavy (non-hydrogen) atoms. The van der Waals surface area contributed by atoms with E-state index in [4.69, 9.17) is 0 Å². The van der Waals surface area contributed by atoms with Crippen molar-refractivity contribution in [1.82, 2.24) is 0 Å². The first-order valence-electron chi connectivity index (χ1n) is 9.01. The standard InChI is InChI=1S/C19H39/c1-5-6-7-8-9-10-11-12-13-14-15-16-17-19(4)18(2)3/h18-19H,2,5-17H2,1,3-4H3. The molecule has 0 heteroatoms. The highest BCUT2D eigenvalue weighted by molar-refractivity contribution is 4.63. The summed E-state index contributed by atoms with van der Waals surface area (Å²) in [5.74, 6) is 1.43. The molecule has 0 aliphatic heterocycles. The van der Waals surface area contributed by atoms with E-state index in [0.717, 1.165) is 5.92 Å². The molecule has 115 valence electrons. The summed E-state index contributed by atoms with van der Waals surface area (Å²) in [6, 6.07) is 0. The summed E-state index contributed by atoms with van der Waals surface area (Å²) >= 11 is 0. The molecule has 0 aliphatic carbocycles. The van der Waals surface area contributed by atoms with Gasteiger partial charge in [0.25, 0.3) is 0 Å². The van der Waals surface area contributed by atoms with Crippen LogP contribution in [-0.4, -0.2) is 0 Å². The molecule has 0 aromatic heterocycles. The van der Waals surface area contributed by atoms with Gasteiger partial charge in [0.1, 0.15) is 0 Å². The second kappa shape index (κ2) is 14.4. The minimum absolute atomic E-state index is 0.618. The van der Waals surface area contributed by atoms with Gasteiger partial charge in [-0.2, -0.15) is 0 Å². The maximum atomic E-state index is 4.11. The summed E-state index contributed by atoms with van der Waals surface area (Å²) in [5, 5.41) is 0. The topological polar surface area (TPSA) is 0 Å². The van der Waals surface area contributed by atoms with Crippen LogP contribution in [0, 0.1) is 18.8 Å². The molecule has 0 rings (SSSR count). The van der Waals surface area contributed by atoms with Gasteiger partial charge in [-0.3, -0.25) is 0 Å². The van der Waals surface area contributed by atoms with E-state index in [9.17, 15) is 0 Å². The third-order valence-corrected chi connectivity index (χ3v) is 4.48. The molecule has 0 nitrogen and oxygen atoms in total. The van der Waals surface area contributed by atoms with Crippen LogP contribution in [-0.2, 0) is 0 Å². The van der Waals surface area contributed by atoms with Gasteiger partial charge in [-0.15, -0.1) is 0 Å². The van der Waals surface area contributed by atoms with Crippen molar-refractivity contribution in [2.24, 2.45) is 11.8 Å². The lowest BCUT2D eigenvalue weighted by molar-refractivity contribution is 0.402. The first-order valence-corrected chi connectivity index (χ1v) is 9.01. The Hall–Kier alpha value is 0. The van der Waals surface area contributed by atoms with Gasteiger partial charge in [0.15, 0.2) is 0 Å². The quantitative estimate of drug-likeness (QED) is 0.292. The van der Waals surface area contributed by atoms with Crippen LogP contribution >= 0.6 is 0 Å². The van der Waals surface area contributed by atoms with Crippen molar-refractivity contribution >= 4 is 0 Å². The van der Waals surface area contributed by atoms with E-state index in [1.54, 1.807) is 0 Å². The Morgan fingerprint density at radius 3 is 1.37 bits per heavy atom. The zero-order valence-corrected chi connectivity index (χ0v) is 14.1. The molecule has 0 amide bonds. The summed E-state index contributed by atoms with van der Waals surface area (Å²) in [7, 11) is 0. The average molecular weight is 268 g/mol. The maximum Gasteiger partial charge on any atom is -0.0417 e. The van der Waals surface area contributed by atoms with E-state index in [1.807, 2.05) is 0 Å². The first kappa shape index (κ1) is 19.0. The SMILES string of the molecule is [CH2]C(C)C(C)CCCCCCCCCCCCCC. The van der Waals surface area contributed by atoms with Gasteiger partial charge in [0.2, 0.25) is 0 Å². The molecule has 0 aromatic carbocycles. The highest BCUT2D eigenvalue weighted by atomic mass is 14.1. The molecule has 0 saturated carbocycles. The molecule has 0 heterocycles. The molecule has 0 fully saturated rings. The van der Waals surface area contributed by atoms with Crippen LogP contribution in [0.3, 0.4) is 0 Å². The lowest BCUT2D eigenvalue weighted by atomic mass is 9.92. The molecule has 0 saturated heterocycles. The van der Waals surface area contributed by atoms with Crippen molar-refractivity contribution in [3.63, 3.8) is 0 Å². The average Bonchev–Trinajstić information content (AvgIpc) is 2.39. The Balaban J connectivity index is 3.03. The van der Waals surface area contributed by atoms with Crippen molar-refractivity contribution in [2.45, 2.75) is 104 Å². The predicted octanol–water partition coefficient (Wildman–Crippen LogP) is 7.18. The Bertz CT molecular complexity index is 159. The fourth-order valence-corrected chi connectivity index (χ4v) is 2.59. The normalized spacial score (nSPS) is 13.1. The zero-order chi connectivity index (χ0) is 14.3. The summed E-state index contributed by atoms with van der Waals surface area (Å²) in [4.78, 5) is 0. The molecule has 0 aliphatic rings. The number of rotatable bonds is 14. The Labute approximate surface area is 123 Å². The fraction of sp³-hybridized carbons (Fsp3) is 0.947. The molecule has 0 bridgehead atoms. The Morgan fingerprint density at radius 1 is 0.632 bits per heavy atom. The zero-order valence-electron chi connectivity index (χ0n) is 14.1. The molecule has 2 unspecified atom stereocenters. The van der Waals surface area contributed by atoms with E-state index in [2.05, 4.69) is 27.7 Å². The Morgan fingerprint density at radius 2 is 1.00 bits per heavy atom. The molecule has 1 radical (unpaired) electrons. The smallest absolute Gasteiger partial charge is 0.0417 e. The van der Waals surface area contributed by atoms with Crippen molar-refractivity contribution in [2.75, 3.05) is 0 Å². The van der Waals surface area contributed by atoms with Gasteiger partial charge in [0, 0.05) is 0 Å². The molecular weight excluding hydrogens is 228 g/mol. The second-order valence-corrected chi connectivity index (χ2v) is 6.63. The molecular formula is C19H39. The van der Waals surface area contributed by atoms with Gasteiger partial charge >= 0.3 is 0 Å². The van der Waals surface area contributed by atoms with E-state index in [1.165, 1.54) is 83.5 Å². The molecule has 0 aromatic rings. The molecule has 0 N–H and O–H groups in total. The van der Waals surface area contributed by atoms with Gasteiger partial charge in [-0.1, -0.05) is 111 Å². The fourth-order valence-electron chi connectivity index (χ4n) is 2.59. The van der Waals surface area contributed by atoms with E-state index < -0.39 is 0 Å². The molecule has 2 atom stereocenters. The number of hydrogen-bond acceptors (Lipinski definition) is 0. The monoisotopic (exact) mass is 267 g/mol. The van der Waals surface area contributed by atoms with Crippen LogP contribution in [0.5, 0.6) is 0 Å². The van der Waals surface area contributed by atoms with Gasteiger partial charge in [-0.05, 0) is 11.8 Å². The highest BCUT2D eigenvalue weighted by Crippen LogP contribution is 2.18. The third kappa shape index (κ3) is 14.2. The number of unbranched alkanes of at least 4 members (excludes halogenated alkanes) is 11. The highest BCUT2D eigenvalue weighted by Gasteiger charge is 2.05. The van der Waals surface area contributed by atoms with Crippen LogP contribution in [0.15, 0.2) is 0 Å². The minimum Gasteiger partial charge on any atom is -0.0654 e. The van der Waals surface area contributed by atoms with Crippen molar-refractivity contribution < 1.29 is 0 Å². The minimum atomic E-state index is 0.618. The van der Waals surface area contributed by atoms with Gasteiger partial charge in [0.05, 0.1) is 0 Å². The van der Waals surface area contributed by atoms with Crippen molar-refractivity contribution in [3.05, 3.63) is 6.92 Å². The van der Waals surface area contributed by atoms with Crippen molar-refractivity contribution in [1.29, 1.82) is 0 Å². The van der Waals surface area contributed by atoms with Crippen LogP contribution < -0.4 is 0 Å². The lowest BCUT2D eigenvalue weighted by Gasteiger charge is -2.14. The van der Waals surface area contributed by atoms with Crippen LogP contribution in [0.1, 0.15) is 104 Å². The van der Waals surface area contributed by atoms with Crippen LogP contribution in [0.4, 0.5) is 0 Å². The van der Waals surface area contributed by atoms with Crippen LogP contribution in [0.2, 0.25) is 0 Å². The predicted molar refractivity (Wildman–Crippen MR) is 89.4 cm³/mol. The summed E-state index contributed by atoms with van der Waals surface area (Å²) in [6.07, 6.45) is 18.8. The maximum absolute atomic E-state index is 4.11. The summed E-state index contributed by atoms with van der Waals surface area (Å²) in [5.41, 5.74) is 0. The lowest BCUT2D eigenvalue weighted by Crippen LogP contribution is -2.03. The van der Waals surface area contributed by atoms with Gasteiger partial charge in [-0.25, -0.2) is 0 Å². The van der Waals surface area contributed by atoms with Crippen LogP contribution in [0.25, 0.3) is 0 Å². The third-order valence-electron chi connectivity index (χ3n) is 4.48.